The van der Waals surface area contributed by atoms with E-state index in [1.165, 1.54) is 7.11 Å². The topological polar surface area (TPSA) is 76.3 Å². The predicted molar refractivity (Wildman–Crippen MR) is 105 cm³/mol. The van der Waals surface area contributed by atoms with Crippen molar-refractivity contribution in [1.29, 1.82) is 0 Å². The van der Waals surface area contributed by atoms with Crippen molar-refractivity contribution in [2.45, 2.75) is 0 Å². The highest BCUT2D eigenvalue weighted by atomic mass is 35.5. The van der Waals surface area contributed by atoms with Crippen LogP contribution in [0.25, 0.3) is 33.1 Å². The number of hydrogen-bond acceptors (Lipinski definition) is 4. The second kappa shape index (κ2) is 6.55. The van der Waals surface area contributed by atoms with Gasteiger partial charge in [0.05, 0.1) is 26.8 Å². The number of hydrogen-bond donors (Lipinski definition) is 2. The van der Waals surface area contributed by atoms with E-state index in [0.29, 0.717) is 27.8 Å². The van der Waals surface area contributed by atoms with Crippen molar-refractivity contribution in [3.8, 4) is 22.8 Å². The first-order valence-corrected chi connectivity index (χ1v) is 8.58. The molecule has 138 valence electrons. The summed E-state index contributed by atoms with van der Waals surface area (Å²) in [5, 5.41) is 2.43. The van der Waals surface area contributed by atoms with Gasteiger partial charge in [0.15, 0.2) is 11.5 Å². The number of ether oxygens (including phenoxy) is 3. The Balaban J connectivity index is 2.04. The highest BCUT2D eigenvalue weighted by Gasteiger charge is 2.23. The zero-order valence-electron chi connectivity index (χ0n) is 15.0. The summed E-state index contributed by atoms with van der Waals surface area (Å²) in [5.41, 5.74) is 3.43. The van der Waals surface area contributed by atoms with Gasteiger partial charge >= 0.3 is 5.97 Å². The van der Waals surface area contributed by atoms with Crippen molar-refractivity contribution < 1.29 is 19.0 Å². The lowest BCUT2D eigenvalue weighted by molar-refractivity contribution is 0.0596. The molecule has 0 radical (unpaired) electrons. The average molecular weight is 385 g/mol. The summed E-state index contributed by atoms with van der Waals surface area (Å²) in [6.45, 7) is 0. The molecular formula is C20H17ClN2O4. The second-order valence-corrected chi connectivity index (χ2v) is 6.47. The lowest BCUT2D eigenvalue weighted by atomic mass is 10.1. The Kier molecular flexibility index (Phi) is 4.20. The van der Waals surface area contributed by atoms with Crippen molar-refractivity contribution in [2.75, 3.05) is 21.3 Å². The molecule has 4 rings (SSSR count). The van der Waals surface area contributed by atoms with Crippen LogP contribution in [0.3, 0.4) is 0 Å². The maximum Gasteiger partial charge on any atom is 0.355 e. The van der Waals surface area contributed by atoms with Crippen molar-refractivity contribution in [3.05, 3.63) is 47.1 Å². The third-order valence-corrected chi connectivity index (χ3v) is 4.78. The fourth-order valence-electron chi connectivity index (χ4n) is 3.29. The van der Waals surface area contributed by atoms with Crippen LogP contribution in [0.2, 0.25) is 5.02 Å². The number of carbonyl (C=O) groups excluding carboxylic acids is 1. The zero-order valence-corrected chi connectivity index (χ0v) is 15.7. The van der Waals surface area contributed by atoms with Crippen molar-refractivity contribution >= 4 is 39.4 Å². The maximum atomic E-state index is 12.4. The molecule has 27 heavy (non-hydrogen) atoms. The summed E-state index contributed by atoms with van der Waals surface area (Å²) in [6, 6.07) is 11.2. The largest absolute Gasteiger partial charge is 0.493 e. The number of H-pyrrole nitrogens is 2. The van der Waals surface area contributed by atoms with Crippen LogP contribution in [0.4, 0.5) is 0 Å². The number of fused-ring (bicyclic) bond motifs is 2. The van der Waals surface area contributed by atoms with Gasteiger partial charge in [0.1, 0.15) is 5.69 Å². The summed E-state index contributed by atoms with van der Waals surface area (Å²) in [5.74, 6) is 0.675. The average Bonchev–Trinajstić information content (AvgIpc) is 3.25. The molecule has 0 unspecified atom stereocenters. The fourth-order valence-corrected chi connectivity index (χ4v) is 3.46. The van der Waals surface area contributed by atoms with Crippen LogP contribution in [0.15, 0.2) is 36.4 Å². The normalized spacial score (nSPS) is 11.1. The van der Waals surface area contributed by atoms with E-state index >= 15 is 0 Å². The number of aromatic amines is 2. The van der Waals surface area contributed by atoms with E-state index < -0.39 is 5.97 Å². The number of benzene rings is 2. The minimum atomic E-state index is -0.462. The van der Waals surface area contributed by atoms with Crippen LogP contribution in [-0.4, -0.2) is 37.3 Å². The van der Waals surface area contributed by atoms with E-state index in [9.17, 15) is 4.79 Å². The van der Waals surface area contributed by atoms with E-state index in [4.69, 9.17) is 25.8 Å². The van der Waals surface area contributed by atoms with Gasteiger partial charge in [-0.3, -0.25) is 0 Å². The Hall–Kier alpha value is -3.12. The summed E-state index contributed by atoms with van der Waals surface area (Å²) < 4.78 is 15.8. The summed E-state index contributed by atoms with van der Waals surface area (Å²) in [4.78, 5) is 18.9. The number of methoxy groups -OCH3 is 3. The van der Waals surface area contributed by atoms with Crippen LogP contribution in [0, 0.1) is 0 Å². The third kappa shape index (κ3) is 2.78. The first kappa shape index (κ1) is 17.3. The van der Waals surface area contributed by atoms with Gasteiger partial charge in [0, 0.05) is 38.6 Å². The Morgan fingerprint density at radius 3 is 2.37 bits per heavy atom. The molecule has 0 aliphatic rings. The smallest absolute Gasteiger partial charge is 0.355 e. The van der Waals surface area contributed by atoms with Gasteiger partial charge in [-0.25, -0.2) is 4.79 Å². The highest BCUT2D eigenvalue weighted by molar-refractivity contribution is 6.31. The minimum Gasteiger partial charge on any atom is -0.493 e. The van der Waals surface area contributed by atoms with Gasteiger partial charge in [-0.15, -0.1) is 0 Å². The van der Waals surface area contributed by atoms with Gasteiger partial charge in [-0.1, -0.05) is 17.7 Å². The van der Waals surface area contributed by atoms with Crippen LogP contribution < -0.4 is 9.47 Å². The maximum absolute atomic E-state index is 12.4. The third-order valence-electron chi connectivity index (χ3n) is 4.55. The molecule has 0 aliphatic carbocycles. The number of esters is 1. The Morgan fingerprint density at radius 1 is 0.926 bits per heavy atom. The molecule has 7 heteroatoms. The van der Waals surface area contributed by atoms with Crippen LogP contribution in [-0.2, 0) is 4.74 Å². The van der Waals surface area contributed by atoms with Crippen molar-refractivity contribution in [2.24, 2.45) is 0 Å². The summed E-state index contributed by atoms with van der Waals surface area (Å²) in [6.07, 6.45) is 0. The molecule has 0 spiro atoms. The quantitative estimate of drug-likeness (QED) is 0.497. The Morgan fingerprint density at radius 2 is 1.67 bits per heavy atom. The minimum absolute atomic E-state index is 0.348. The monoisotopic (exact) mass is 384 g/mol. The number of halogens is 1. The van der Waals surface area contributed by atoms with E-state index in [1.807, 2.05) is 30.3 Å². The number of nitrogens with one attached hydrogen (secondary N) is 2. The molecule has 0 saturated carbocycles. The predicted octanol–water partition coefficient (Wildman–Crippen LogP) is 4.77. The molecule has 0 saturated heterocycles. The molecule has 0 bridgehead atoms. The Labute approximate surface area is 160 Å². The van der Waals surface area contributed by atoms with E-state index in [1.54, 1.807) is 20.3 Å². The molecule has 0 atom stereocenters. The number of aromatic nitrogens is 2. The first-order chi connectivity index (χ1) is 13.0. The van der Waals surface area contributed by atoms with Crippen LogP contribution in [0.1, 0.15) is 10.5 Å². The van der Waals surface area contributed by atoms with Gasteiger partial charge < -0.3 is 24.2 Å². The van der Waals surface area contributed by atoms with E-state index in [2.05, 4.69) is 9.97 Å². The van der Waals surface area contributed by atoms with Gasteiger partial charge in [-0.2, -0.15) is 0 Å². The molecule has 2 aromatic heterocycles. The Bertz CT molecular complexity index is 1180. The highest BCUT2D eigenvalue weighted by Crippen LogP contribution is 2.40. The molecule has 2 aromatic carbocycles. The van der Waals surface area contributed by atoms with Gasteiger partial charge in [0.25, 0.3) is 0 Å². The van der Waals surface area contributed by atoms with Crippen LogP contribution >= 0.6 is 11.6 Å². The molecule has 2 N–H and O–H groups in total. The standard InChI is InChI=1S/C20H17ClN2O4/c1-25-16-8-12-14(9-17(16)26-2)23-19(20(24)27-3)18(12)15-6-10-4-5-11(21)7-13(10)22-15/h4-9,22-23H,1-3H3. The molecule has 4 aromatic rings. The van der Waals surface area contributed by atoms with Crippen molar-refractivity contribution in [1.82, 2.24) is 9.97 Å². The molecule has 0 aliphatic heterocycles. The molecule has 2 heterocycles. The number of rotatable bonds is 4. The van der Waals surface area contributed by atoms with Gasteiger partial charge in [0.2, 0.25) is 0 Å². The van der Waals surface area contributed by atoms with E-state index in [0.717, 1.165) is 27.5 Å². The second-order valence-electron chi connectivity index (χ2n) is 6.03. The van der Waals surface area contributed by atoms with Crippen LogP contribution in [0.5, 0.6) is 11.5 Å². The SMILES string of the molecule is COC(=O)c1[nH]c2cc(OC)c(OC)cc2c1-c1cc2ccc(Cl)cc2[nH]1. The lowest BCUT2D eigenvalue weighted by Crippen LogP contribution is -2.03. The summed E-state index contributed by atoms with van der Waals surface area (Å²) >= 11 is 6.09. The summed E-state index contributed by atoms with van der Waals surface area (Å²) in [7, 11) is 4.49. The molecule has 0 fully saturated rings. The fraction of sp³-hybridized carbons (Fsp3) is 0.150. The molecular weight excluding hydrogens is 368 g/mol. The first-order valence-electron chi connectivity index (χ1n) is 8.20. The molecule has 0 amide bonds. The van der Waals surface area contributed by atoms with Crippen molar-refractivity contribution in [3.63, 3.8) is 0 Å². The lowest BCUT2D eigenvalue weighted by Gasteiger charge is -2.07. The zero-order chi connectivity index (χ0) is 19.1. The van der Waals surface area contributed by atoms with E-state index in [-0.39, 0.29) is 0 Å². The number of carbonyl (C=O) groups is 1. The molecule has 6 nitrogen and oxygen atoms in total. The van der Waals surface area contributed by atoms with Gasteiger partial charge in [-0.05, 0) is 24.3 Å².